The summed E-state index contributed by atoms with van der Waals surface area (Å²) in [5, 5.41) is 0. The maximum Gasteiger partial charge on any atom is 0.303 e. The van der Waals surface area contributed by atoms with Gasteiger partial charge in [-0.05, 0) is 47.5 Å². The van der Waals surface area contributed by atoms with Crippen molar-refractivity contribution in [1.29, 1.82) is 0 Å². The minimum absolute atomic E-state index is 0.153. The van der Waals surface area contributed by atoms with Gasteiger partial charge in [-0.3, -0.25) is 14.4 Å². The van der Waals surface area contributed by atoms with Crippen LogP contribution in [0.4, 0.5) is 0 Å². The average Bonchev–Trinajstić information content (AvgIpc) is 3.18. The first-order valence-corrected chi connectivity index (χ1v) is 17.3. The number of rotatable bonds is 10. The molecule has 14 nitrogen and oxygen atoms in total. The van der Waals surface area contributed by atoms with E-state index in [9.17, 15) is 14.4 Å². The van der Waals surface area contributed by atoms with Gasteiger partial charge in [0.2, 0.25) is 11.5 Å². The summed E-state index contributed by atoms with van der Waals surface area (Å²) in [7, 11) is 7.56. The Labute approximate surface area is 317 Å². The number of esters is 3. The van der Waals surface area contributed by atoms with Crippen molar-refractivity contribution in [2.45, 2.75) is 57.4 Å². The molecule has 6 atom stereocenters. The summed E-state index contributed by atoms with van der Waals surface area (Å²) in [6.07, 6.45) is -6.10. The molecule has 0 spiro atoms. The third-order valence-electron chi connectivity index (χ3n) is 9.68. The van der Waals surface area contributed by atoms with Crippen molar-refractivity contribution in [2.24, 2.45) is 0 Å². The zero-order valence-corrected chi connectivity index (χ0v) is 31.5. The molecular formula is C41H40O14. The van der Waals surface area contributed by atoms with Crippen LogP contribution in [0, 0.1) is 0 Å². The van der Waals surface area contributed by atoms with Crippen LogP contribution in [0.1, 0.15) is 67.4 Å². The molecule has 0 aromatic heterocycles. The fraction of sp³-hybridized carbons (Fsp3) is 0.341. The zero-order valence-electron chi connectivity index (χ0n) is 31.5. The van der Waals surface area contributed by atoms with Crippen LogP contribution in [0.5, 0.6) is 46.0 Å². The number of benzene rings is 4. The van der Waals surface area contributed by atoms with Crippen molar-refractivity contribution >= 4 is 17.9 Å². The molecule has 288 valence electrons. The number of carbonyl (C=O) groups is 3. The van der Waals surface area contributed by atoms with E-state index in [1.165, 1.54) is 42.1 Å². The van der Waals surface area contributed by atoms with E-state index in [1.807, 2.05) is 12.1 Å². The van der Waals surface area contributed by atoms with Gasteiger partial charge in [0.1, 0.15) is 11.5 Å². The predicted molar refractivity (Wildman–Crippen MR) is 193 cm³/mol. The summed E-state index contributed by atoms with van der Waals surface area (Å²) < 4.78 is 66.7. The number of hydrogen-bond donors (Lipinski definition) is 0. The summed E-state index contributed by atoms with van der Waals surface area (Å²) >= 11 is 0. The molecule has 4 aromatic rings. The van der Waals surface area contributed by atoms with Crippen molar-refractivity contribution in [3.8, 4) is 57.1 Å². The molecule has 6 unspecified atom stereocenters. The van der Waals surface area contributed by atoms with E-state index < -0.39 is 54.5 Å². The minimum atomic E-state index is -1.16. The highest BCUT2D eigenvalue weighted by Gasteiger charge is 2.52. The van der Waals surface area contributed by atoms with Gasteiger partial charge < -0.3 is 52.1 Å². The maximum atomic E-state index is 12.8. The largest absolute Gasteiger partial charge is 0.497 e. The van der Waals surface area contributed by atoms with Crippen molar-refractivity contribution in [2.75, 3.05) is 35.5 Å². The van der Waals surface area contributed by atoms with E-state index >= 15 is 0 Å². The molecule has 3 aliphatic rings. The Morgan fingerprint density at radius 2 is 1.02 bits per heavy atom. The molecule has 0 saturated heterocycles. The Kier molecular flexibility index (Phi) is 9.99. The first-order valence-electron chi connectivity index (χ1n) is 17.3. The lowest BCUT2D eigenvalue weighted by atomic mass is 9.82. The Hall–Kier alpha value is -6.31. The molecule has 3 aliphatic heterocycles. The highest BCUT2D eigenvalue weighted by Crippen LogP contribution is 2.63. The monoisotopic (exact) mass is 756 g/mol. The lowest BCUT2D eigenvalue weighted by Crippen LogP contribution is -2.42. The minimum Gasteiger partial charge on any atom is -0.497 e. The Bertz CT molecular complexity index is 2130. The van der Waals surface area contributed by atoms with Crippen molar-refractivity contribution in [1.82, 2.24) is 0 Å². The standard InChI is InChI=1S/C41H40O14/c1-19(42)50-35-28-17-27-26-18-29(47-6)36(48-7)37-30(26)38(41(52-21(3)44)32(54-37)23-11-15-25(46-5)16-12-23)55-33(27)39(49-8)34(28)53-31(40(35)51-20(2)43)22-9-13-24(45-4)14-10-22/h9-18,31-32,35,38,40-41H,1-8H3. The van der Waals surface area contributed by atoms with Gasteiger partial charge in [0.25, 0.3) is 0 Å². The fourth-order valence-electron chi connectivity index (χ4n) is 7.42. The van der Waals surface area contributed by atoms with E-state index in [2.05, 4.69) is 0 Å². The second-order valence-corrected chi connectivity index (χ2v) is 12.9. The topological polar surface area (TPSA) is 153 Å². The second-order valence-electron chi connectivity index (χ2n) is 12.9. The van der Waals surface area contributed by atoms with Crippen molar-refractivity contribution < 1.29 is 66.5 Å². The van der Waals surface area contributed by atoms with Crippen LogP contribution in [0.15, 0.2) is 60.7 Å². The van der Waals surface area contributed by atoms with Crippen LogP contribution in [-0.4, -0.2) is 65.7 Å². The Morgan fingerprint density at radius 1 is 0.509 bits per heavy atom. The number of carbonyl (C=O) groups excluding carboxylic acids is 3. The maximum absolute atomic E-state index is 12.8. The molecule has 0 N–H and O–H groups in total. The second kappa shape index (κ2) is 14.8. The average molecular weight is 757 g/mol. The van der Waals surface area contributed by atoms with Gasteiger partial charge in [-0.25, -0.2) is 0 Å². The Morgan fingerprint density at radius 3 is 1.53 bits per heavy atom. The third kappa shape index (κ3) is 6.51. The molecule has 0 radical (unpaired) electrons. The SMILES string of the molecule is COc1ccc(C2Oc3c(cc4c(c3OC)OC3c5c-4cc(OC)c(OC)c5OC(c4ccc(OC)cc4)C3OC(C)=O)C(OC(C)=O)C2OC(C)=O)cc1. The first-order chi connectivity index (χ1) is 26.5. The van der Waals surface area contributed by atoms with Gasteiger partial charge in [-0.2, -0.15) is 0 Å². The lowest BCUT2D eigenvalue weighted by molar-refractivity contribution is -0.178. The summed E-state index contributed by atoms with van der Waals surface area (Å²) in [4.78, 5) is 38.1. The van der Waals surface area contributed by atoms with Crippen molar-refractivity contribution in [3.05, 3.63) is 82.9 Å². The van der Waals surface area contributed by atoms with Crippen LogP contribution in [0.25, 0.3) is 11.1 Å². The van der Waals surface area contributed by atoms with Crippen LogP contribution < -0.4 is 37.9 Å². The molecule has 55 heavy (non-hydrogen) atoms. The predicted octanol–water partition coefficient (Wildman–Crippen LogP) is 6.57. The van der Waals surface area contributed by atoms with Gasteiger partial charge in [-0.15, -0.1) is 0 Å². The van der Waals surface area contributed by atoms with Gasteiger partial charge in [0.15, 0.2) is 59.6 Å². The quantitative estimate of drug-likeness (QED) is 0.127. The number of fused-ring (bicyclic) bond motifs is 3. The van der Waals surface area contributed by atoms with Crippen LogP contribution in [0.2, 0.25) is 0 Å². The van der Waals surface area contributed by atoms with E-state index in [0.29, 0.717) is 62.1 Å². The number of hydrogen-bond acceptors (Lipinski definition) is 14. The molecule has 0 aliphatic carbocycles. The summed E-state index contributed by atoms with van der Waals surface area (Å²) in [6.45, 7) is 3.84. The molecule has 4 aromatic carbocycles. The smallest absolute Gasteiger partial charge is 0.303 e. The summed E-state index contributed by atoms with van der Waals surface area (Å²) in [5.74, 6) is 0.936. The van der Waals surface area contributed by atoms with Crippen molar-refractivity contribution in [3.63, 3.8) is 0 Å². The molecule has 0 amide bonds. The van der Waals surface area contributed by atoms with Gasteiger partial charge in [-0.1, -0.05) is 24.3 Å². The summed E-state index contributed by atoms with van der Waals surface area (Å²) in [6, 6.07) is 17.7. The highest BCUT2D eigenvalue weighted by molar-refractivity contribution is 5.87. The first kappa shape index (κ1) is 37.0. The van der Waals surface area contributed by atoms with Gasteiger partial charge in [0, 0.05) is 37.5 Å². The molecule has 3 heterocycles. The normalized spacial score (nSPS) is 21.4. The van der Waals surface area contributed by atoms with E-state index in [-0.39, 0.29) is 17.2 Å². The van der Waals surface area contributed by atoms with Gasteiger partial charge in [0.05, 0.1) is 41.1 Å². The third-order valence-corrected chi connectivity index (χ3v) is 9.68. The summed E-state index contributed by atoms with van der Waals surface area (Å²) in [5.41, 5.74) is 3.16. The fourth-order valence-corrected chi connectivity index (χ4v) is 7.42. The van der Waals surface area contributed by atoms with Crippen LogP contribution in [-0.2, 0) is 28.6 Å². The molecule has 0 saturated carbocycles. The molecule has 0 bridgehead atoms. The molecule has 7 rings (SSSR count). The zero-order chi connectivity index (χ0) is 39.1. The Balaban J connectivity index is 1.48. The van der Waals surface area contributed by atoms with E-state index in [1.54, 1.807) is 62.8 Å². The van der Waals surface area contributed by atoms with E-state index in [0.717, 1.165) is 0 Å². The van der Waals surface area contributed by atoms with E-state index in [4.69, 9.17) is 52.1 Å². The lowest BCUT2D eigenvalue weighted by Gasteiger charge is -2.44. The highest BCUT2D eigenvalue weighted by atomic mass is 16.6. The van der Waals surface area contributed by atoms with Gasteiger partial charge >= 0.3 is 17.9 Å². The molecule has 14 heteroatoms. The molecule has 0 fully saturated rings. The van der Waals surface area contributed by atoms with Crippen LogP contribution >= 0.6 is 0 Å². The number of methoxy groups -OCH3 is 5. The molecular weight excluding hydrogens is 716 g/mol. The number of ether oxygens (including phenoxy) is 11. The van der Waals surface area contributed by atoms with Crippen LogP contribution in [0.3, 0.4) is 0 Å².